The summed E-state index contributed by atoms with van der Waals surface area (Å²) in [7, 11) is 0. The third kappa shape index (κ3) is 2.87. The quantitative estimate of drug-likeness (QED) is 0.659. The van der Waals surface area contributed by atoms with Gasteiger partial charge in [-0.1, -0.05) is 5.21 Å². The molecule has 1 aromatic heterocycles. The minimum Gasteiger partial charge on any atom is -0.374 e. The van der Waals surface area contributed by atoms with Gasteiger partial charge in [-0.3, -0.25) is 10.1 Å². The lowest BCUT2D eigenvalue weighted by atomic mass is 10.1. The van der Waals surface area contributed by atoms with Gasteiger partial charge >= 0.3 is 0 Å². The molecule has 0 saturated carbocycles. The molecule has 9 heteroatoms. The summed E-state index contributed by atoms with van der Waals surface area (Å²) >= 11 is 3.31. The Balaban J connectivity index is 2.26. The van der Waals surface area contributed by atoms with Gasteiger partial charge in [-0.25, -0.2) is 0 Å². The maximum Gasteiger partial charge on any atom is 0.273 e. The zero-order chi connectivity index (χ0) is 14.0. The number of aryl methyl sites for hydroxylation is 1. The Morgan fingerprint density at radius 1 is 1.53 bits per heavy atom. The van der Waals surface area contributed by atoms with Crippen molar-refractivity contribution in [2.75, 3.05) is 5.32 Å². The molecule has 1 atom stereocenters. The number of rotatable bonds is 4. The molecule has 1 unspecified atom stereocenters. The van der Waals surface area contributed by atoms with Crippen LogP contribution in [0.2, 0.25) is 0 Å². The summed E-state index contributed by atoms with van der Waals surface area (Å²) < 4.78 is 0.611. The normalized spacial score (nSPS) is 12.2. The monoisotopic (exact) mass is 326 g/mol. The molecular weight excluding hydrogens is 316 g/mol. The molecule has 1 aromatic carbocycles. The van der Waals surface area contributed by atoms with E-state index in [1.54, 1.807) is 13.0 Å². The van der Waals surface area contributed by atoms with Crippen molar-refractivity contribution in [1.29, 1.82) is 0 Å². The molecule has 0 aliphatic rings. The van der Waals surface area contributed by atoms with Crippen LogP contribution in [0.3, 0.4) is 0 Å². The molecular formula is C10H11BrN6O2. The van der Waals surface area contributed by atoms with Crippen molar-refractivity contribution in [2.45, 2.75) is 19.9 Å². The molecule has 0 amide bonds. The number of nitrogens with zero attached hydrogens (tertiary/aromatic N) is 4. The van der Waals surface area contributed by atoms with E-state index in [9.17, 15) is 10.1 Å². The number of halogens is 1. The molecule has 2 N–H and O–H groups in total. The van der Waals surface area contributed by atoms with Crippen LogP contribution in [0.1, 0.15) is 24.4 Å². The summed E-state index contributed by atoms with van der Waals surface area (Å²) in [6.45, 7) is 3.56. The molecule has 19 heavy (non-hydrogen) atoms. The standard InChI is InChI=1S/C10H11BrN6O2/c1-5-3-8(7(11)4-9(5)17(18)19)12-6(2)10-13-15-16-14-10/h3-4,6,12H,1-2H3,(H,13,14,15,16). The molecule has 1 heterocycles. The number of nitrogens with one attached hydrogen (secondary N) is 2. The third-order valence-corrected chi connectivity index (χ3v) is 3.26. The first-order valence-corrected chi connectivity index (χ1v) is 6.22. The number of nitro benzene ring substituents is 1. The zero-order valence-electron chi connectivity index (χ0n) is 10.2. The first-order chi connectivity index (χ1) is 8.99. The zero-order valence-corrected chi connectivity index (χ0v) is 11.8. The number of aromatic nitrogens is 4. The summed E-state index contributed by atoms with van der Waals surface area (Å²) in [5.74, 6) is 0.517. The smallest absolute Gasteiger partial charge is 0.273 e. The molecule has 0 spiro atoms. The van der Waals surface area contributed by atoms with Gasteiger partial charge in [-0.15, -0.1) is 10.2 Å². The van der Waals surface area contributed by atoms with E-state index in [2.05, 4.69) is 41.9 Å². The number of H-pyrrole nitrogens is 1. The molecule has 0 aliphatic heterocycles. The van der Waals surface area contributed by atoms with Crippen molar-refractivity contribution in [3.05, 3.63) is 38.1 Å². The van der Waals surface area contributed by atoms with Crippen LogP contribution in [0.25, 0.3) is 0 Å². The van der Waals surface area contributed by atoms with Gasteiger partial charge in [-0.05, 0) is 35.8 Å². The van der Waals surface area contributed by atoms with Crippen LogP contribution in [-0.4, -0.2) is 25.5 Å². The second kappa shape index (κ2) is 5.31. The Bertz CT molecular complexity index is 600. The van der Waals surface area contributed by atoms with Crippen LogP contribution >= 0.6 is 15.9 Å². The largest absolute Gasteiger partial charge is 0.374 e. The fourth-order valence-corrected chi connectivity index (χ4v) is 2.07. The van der Waals surface area contributed by atoms with Crippen LogP contribution in [0, 0.1) is 17.0 Å². The minimum atomic E-state index is -0.410. The molecule has 2 aromatic rings. The summed E-state index contributed by atoms with van der Waals surface area (Å²) in [4.78, 5) is 10.4. The van der Waals surface area contributed by atoms with E-state index in [0.29, 0.717) is 15.9 Å². The van der Waals surface area contributed by atoms with Gasteiger partial charge in [0.25, 0.3) is 5.69 Å². The van der Waals surface area contributed by atoms with E-state index < -0.39 is 4.92 Å². The van der Waals surface area contributed by atoms with E-state index in [1.807, 2.05) is 6.92 Å². The van der Waals surface area contributed by atoms with E-state index in [-0.39, 0.29) is 11.7 Å². The average molecular weight is 327 g/mol. The molecule has 0 fully saturated rings. The van der Waals surface area contributed by atoms with Crippen molar-refractivity contribution in [3.63, 3.8) is 0 Å². The Labute approximate surface area is 116 Å². The number of tetrazole rings is 1. The van der Waals surface area contributed by atoms with Crippen molar-refractivity contribution < 1.29 is 4.92 Å². The Morgan fingerprint density at radius 3 is 2.84 bits per heavy atom. The van der Waals surface area contributed by atoms with Crippen LogP contribution < -0.4 is 5.32 Å². The summed E-state index contributed by atoms with van der Waals surface area (Å²) in [5.41, 5.74) is 1.39. The highest BCUT2D eigenvalue weighted by atomic mass is 79.9. The highest BCUT2D eigenvalue weighted by molar-refractivity contribution is 9.10. The molecule has 2 rings (SSSR count). The maximum atomic E-state index is 10.8. The second-order valence-electron chi connectivity index (χ2n) is 4.01. The van der Waals surface area contributed by atoms with Crippen molar-refractivity contribution in [2.24, 2.45) is 0 Å². The molecule has 0 saturated heterocycles. The van der Waals surface area contributed by atoms with Gasteiger partial charge in [0.2, 0.25) is 0 Å². The van der Waals surface area contributed by atoms with E-state index in [0.717, 1.165) is 5.69 Å². The average Bonchev–Trinajstić information content (AvgIpc) is 2.86. The van der Waals surface area contributed by atoms with Gasteiger partial charge in [0.1, 0.15) is 0 Å². The van der Waals surface area contributed by atoms with Crippen molar-refractivity contribution >= 4 is 27.3 Å². The topological polar surface area (TPSA) is 110 Å². The van der Waals surface area contributed by atoms with Gasteiger partial charge in [0.05, 0.1) is 11.0 Å². The lowest BCUT2D eigenvalue weighted by Gasteiger charge is -2.13. The minimum absolute atomic E-state index is 0.0737. The summed E-state index contributed by atoms with van der Waals surface area (Å²) in [5, 5.41) is 27.6. The van der Waals surface area contributed by atoms with Gasteiger partial charge in [0.15, 0.2) is 5.82 Å². The fourth-order valence-electron chi connectivity index (χ4n) is 1.63. The maximum absolute atomic E-state index is 10.8. The van der Waals surface area contributed by atoms with Crippen molar-refractivity contribution in [3.8, 4) is 0 Å². The number of aromatic amines is 1. The number of hydrogen-bond donors (Lipinski definition) is 2. The van der Waals surface area contributed by atoms with Gasteiger partial charge in [-0.2, -0.15) is 5.21 Å². The molecule has 0 aliphatic carbocycles. The summed E-state index contributed by atoms with van der Waals surface area (Å²) in [6, 6.07) is 3.01. The molecule has 0 bridgehead atoms. The lowest BCUT2D eigenvalue weighted by Crippen LogP contribution is -2.09. The Hall–Kier alpha value is -2.03. The Kier molecular flexibility index (Phi) is 3.74. The Morgan fingerprint density at radius 2 is 2.26 bits per heavy atom. The van der Waals surface area contributed by atoms with Crippen LogP contribution in [0.15, 0.2) is 16.6 Å². The van der Waals surface area contributed by atoms with Crippen LogP contribution in [-0.2, 0) is 0 Å². The van der Waals surface area contributed by atoms with Crippen LogP contribution in [0.4, 0.5) is 11.4 Å². The molecule has 0 radical (unpaired) electrons. The van der Waals surface area contributed by atoms with Gasteiger partial charge in [0, 0.05) is 21.8 Å². The van der Waals surface area contributed by atoms with E-state index >= 15 is 0 Å². The predicted octanol–water partition coefficient (Wildman–Crippen LogP) is 2.35. The molecule has 100 valence electrons. The fraction of sp³-hybridized carbons (Fsp3) is 0.300. The highest BCUT2D eigenvalue weighted by Gasteiger charge is 2.17. The van der Waals surface area contributed by atoms with Crippen molar-refractivity contribution in [1.82, 2.24) is 20.6 Å². The number of benzene rings is 1. The van der Waals surface area contributed by atoms with Crippen LogP contribution in [0.5, 0.6) is 0 Å². The lowest BCUT2D eigenvalue weighted by molar-refractivity contribution is -0.385. The number of hydrogen-bond acceptors (Lipinski definition) is 6. The van der Waals surface area contributed by atoms with E-state index in [4.69, 9.17) is 0 Å². The highest BCUT2D eigenvalue weighted by Crippen LogP contribution is 2.32. The molecule has 8 nitrogen and oxygen atoms in total. The van der Waals surface area contributed by atoms with Gasteiger partial charge < -0.3 is 5.32 Å². The predicted molar refractivity (Wildman–Crippen MR) is 71.7 cm³/mol. The second-order valence-corrected chi connectivity index (χ2v) is 4.87. The first kappa shape index (κ1) is 13.4. The number of anilines is 1. The first-order valence-electron chi connectivity index (χ1n) is 5.43. The summed E-state index contributed by atoms with van der Waals surface area (Å²) in [6.07, 6.45) is 0. The third-order valence-electron chi connectivity index (χ3n) is 2.60. The SMILES string of the molecule is Cc1cc(NC(C)c2nn[nH]n2)c(Br)cc1[N+](=O)[O-]. The van der Waals surface area contributed by atoms with E-state index in [1.165, 1.54) is 6.07 Å². The number of nitro groups is 1.